The van der Waals surface area contributed by atoms with Gasteiger partial charge >= 0.3 is 0 Å². The minimum Gasteiger partial charge on any atom is -0.308 e. The summed E-state index contributed by atoms with van der Waals surface area (Å²) >= 11 is 0. The number of para-hydroxylation sites is 2. The summed E-state index contributed by atoms with van der Waals surface area (Å²) in [5.74, 6) is 1.47. The molecule has 0 N–H and O–H groups in total. The van der Waals surface area contributed by atoms with Gasteiger partial charge in [0.2, 0.25) is 0 Å². The van der Waals surface area contributed by atoms with E-state index in [-0.39, 0.29) is 5.41 Å². The lowest BCUT2D eigenvalue weighted by molar-refractivity contribution is 0.664. The van der Waals surface area contributed by atoms with E-state index in [1.807, 2.05) is 42.5 Å². The first-order valence-corrected chi connectivity index (χ1v) is 18.8. The number of benzene rings is 5. The van der Waals surface area contributed by atoms with Gasteiger partial charge in [-0.05, 0) is 58.7 Å². The second-order valence-electron chi connectivity index (χ2n) is 14.8. The van der Waals surface area contributed by atoms with Crippen molar-refractivity contribution in [3.63, 3.8) is 0 Å². The van der Waals surface area contributed by atoms with Crippen molar-refractivity contribution in [3.8, 4) is 28.2 Å². The van der Waals surface area contributed by atoms with E-state index < -0.39 is 0 Å². The molecule has 0 bridgehead atoms. The van der Waals surface area contributed by atoms with Crippen molar-refractivity contribution >= 4 is 54.9 Å². The maximum Gasteiger partial charge on any atom is 0.162 e. The molecule has 8 aromatic rings. The number of hydrogen-bond donors (Lipinski definition) is 0. The summed E-state index contributed by atoms with van der Waals surface area (Å²) in [4.78, 5) is 10.6. The molecule has 0 aliphatic heterocycles. The summed E-state index contributed by atoms with van der Waals surface area (Å²) in [5, 5.41) is 4.88. The molecule has 3 aromatic heterocycles. The summed E-state index contributed by atoms with van der Waals surface area (Å²) in [6.07, 6.45) is 20.4. The first kappa shape index (κ1) is 31.3. The van der Waals surface area contributed by atoms with E-state index in [4.69, 9.17) is 9.97 Å². The monoisotopic (exact) mass is 702 g/mol. The van der Waals surface area contributed by atoms with Gasteiger partial charge in [0.25, 0.3) is 0 Å². The first-order chi connectivity index (χ1) is 27.1. The Hall–Kier alpha value is -7.22. The van der Waals surface area contributed by atoms with Crippen LogP contribution in [0.15, 0.2) is 181 Å². The molecule has 258 valence electrons. The summed E-state index contributed by atoms with van der Waals surface area (Å²) < 4.78 is 4.87. The number of fused-ring (bicyclic) bond motifs is 12. The number of allylic oxidation sites excluding steroid dienone is 10. The van der Waals surface area contributed by atoms with Crippen LogP contribution in [0.5, 0.6) is 0 Å². The lowest BCUT2D eigenvalue weighted by Crippen LogP contribution is -2.17. The highest BCUT2D eigenvalue weighted by molar-refractivity contribution is 6.32. The van der Waals surface area contributed by atoms with Gasteiger partial charge in [0.1, 0.15) is 5.82 Å². The summed E-state index contributed by atoms with van der Waals surface area (Å²) in [7, 11) is 0. The third-order valence-corrected chi connectivity index (χ3v) is 11.4. The molecule has 4 heteroatoms. The standard InChI is InChI=1S/C51H34N4/c1-51(2)39-29-17-14-26-36(39)44-45-37-27-15-18-30-41(37)54(35-24-12-5-6-13-25-35)48(45)46-38-28-16-19-31-42(38)55(49(46)47(44)51)43-32-40(33-20-10-7-11-21-33)52-50(53-43)34-22-8-3-4-9-23-34/h3-8,10-12,14-32H,1-2H3. The Bertz CT molecular complexity index is 3230. The van der Waals surface area contributed by atoms with Crippen molar-refractivity contribution in [2.24, 2.45) is 0 Å². The van der Waals surface area contributed by atoms with Crippen LogP contribution in [-0.4, -0.2) is 19.1 Å². The fourth-order valence-corrected chi connectivity index (χ4v) is 9.07. The van der Waals surface area contributed by atoms with Crippen molar-refractivity contribution < 1.29 is 0 Å². The zero-order chi connectivity index (χ0) is 36.7. The molecule has 0 saturated heterocycles. The molecular weight excluding hydrogens is 669 g/mol. The molecule has 4 nitrogen and oxygen atoms in total. The zero-order valence-corrected chi connectivity index (χ0v) is 30.5. The van der Waals surface area contributed by atoms with Gasteiger partial charge in [0, 0.05) is 50.2 Å². The third kappa shape index (κ3) is 4.54. The van der Waals surface area contributed by atoms with Gasteiger partial charge in [0.05, 0.1) is 33.5 Å². The fourth-order valence-electron chi connectivity index (χ4n) is 9.07. The molecule has 3 aliphatic carbocycles. The van der Waals surface area contributed by atoms with Gasteiger partial charge in [-0.1, -0.05) is 135 Å². The van der Waals surface area contributed by atoms with E-state index in [1.54, 1.807) is 0 Å². The maximum atomic E-state index is 5.45. The summed E-state index contributed by atoms with van der Waals surface area (Å²) in [6, 6.07) is 39.3. The predicted molar refractivity (Wildman–Crippen MR) is 228 cm³/mol. The number of aromatic nitrogens is 4. The molecule has 0 atom stereocenters. The Labute approximate surface area is 318 Å². The van der Waals surface area contributed by atoms with Gasteiger partial charge in [-0.2, -0.15) is 0 Å². The van der Waals surface area contributed by atoms with Crippen molar-refractivity contribution in [1.82, 2.24) is 19.1 Å². The molecule has 3 heterocycles. The normalized spacial score (nSPS) is 15.2. The average Bonchev–Trinajstić information content (AvgIpc) is 3.54. The van der Waals surface area contributed by atoms with Gasteiger partial charge in [-0.25, -0.2) is 9.97 Å². The number of rotatable bonds is 4. The zero-order valence-electron chi connectivity index (χ0n) is 30.5. The van der Waals surface area contributed by atoms with Crippen molar-refractivity contribution in [2.45, 2.75) is 19.3 Å². The molecule has 3 aliphatic rings. The van der Waals surface area contributed by atoms with E-state index in [0.29, 0.717) is 5.82 Å². The maximum absolute atomic E-state index is 5.45. The van der Waals surface area contributed by atoms with Crippen LogP contribution < -0.4 is 0 Å². The van der Waals surface area contributed by atoms with E-state index >= 15 is 0 Å². The Balaban J connectivity index is 1.39. The van der Waals surface area contributed by atoms with Crippen molar-refractivity contribution in [2.75, 3.05) is 0 Å². The van der Waals surface area contributed by atoms with Gasteiger partial charge in [0.15, 0.2) is 5.82 Å². The highest BCUT2D eigenvalue weighted by Gasteiger charge is 2.41. The van der Waals surface area contributed by atoms with Gasteiger partial charge < -0.3 is 4.57 Å². The lowest BCUT2D eigenvalue weighted by atomic mass is 9.81. The molecular formula is C51H34N4. The SMILES string of the molecule is CC1(C)c2ccccc2-c2c1c1c(c3ccccc3n1-c1cc(-c3ccccc3)nc(C3=CC=CC=C=C3)n1)c1c2c2ccccc2n1C1=CC=CC=C=C1. The van der Waals surface area contributed by atoms with Gasteiger partial charge in [-0.3, -0.25) is 4.57 Å². The Morgan fingerprint density at radius 3 is 2.09 bits per heavy atom. The molecule has 0 spiro atoms. The van der Waals surface area contributed by atoms with Crippen molar-refractivity contribution in [3.05, 3.63) is 198 Å². The largest absolute Gasteiger partial charge is 0.308 e. The van der Waals surface area contributed by atoms with Crippen LogP contribution in [0.1, 0.15) is 30.8 Å². The Morgan fingerprint density at radius 1 is 0.600 bits per heavy atom. The molecule has 11 rings (SSSR count). The molecule has 0 amide bonds. The minimum absolute atomic E-state index is 0.319. The van der Waals surface area contributed by atoms with Crippen LogP contribution >= 0.6 is 0 Å². The fraction of sp³-hybridized carbons (Fsp3) is 0.0588. The predicted octanol–water partition coefficient (Wildman–Crippen LogP) is 12.4. The van der Waals surface area contributed by atoms with E-state index in [9.17, 15) is 0 Å². The molecule has 0 unspecified atom stereocenters. The van der Waals surface area contributed by atoms with E-state index in [0.717, 1.165) is 44.9 Å². The van der Waals surface area contributed by atoms with Crippen LogP contribution in [0.3, 0.4) is 0 Å². The summed E-state index contributed by atoms with van der Waals surface area (Å²) in [5.41, 5.74) is 20.0. The first-order valence-electron chi connectivity index (χ1n) is 18.8. The lowest BCUT2D eigenvalue weighted by Gasteiger charge is -2.24. The van der Waals surface area contributed by atoms with Crippen LogP contribution in [-0.2, 0) is 5.41 Å². The molecule has 0 radical (unpaired) electrons. The van der Waals surface area contributed by atoms with Crippen LogP contribution in [0, 0.1) is 0 Å². The summed E-state index contributed by atoms with van der Waals surface area (Å²) in [6.45, 7) is 4.77. The van der Waals surface area contributed by atoms with Crippen LogP contribution in [0.25, 0.3) is 83.1 Å². The second-order valence-corrected chi connectivity index (χ2v) is 14.8. The molecule has 0 saturated carbocycles. The smallest absolute Gasteiger partial charge is 0.162 e. The van der Waals surface area contributed by atoms with Crippen LogP contribution in [0.4, 0.5) is 0 Å². The number of nitrogens with zero attached hydrogens (tertiary/aromatic N) is 4. The second kappa shape index (κ2) is 11.9. The highest BCUT2D eigenvalue weighted by atomic mass is 15.1. The highest BCUT2D eigenvalue weighted by Crippen LogP contribution is 2.58. The van der Waals surface area contributed by atoms with E-state index in [1.165, 1.54) is 49.3 Å². The quantitative estimate of drug-likeness (QED) is 0.171. The van der Waals surface area contributed by atoms with E-state index in [2.05, 4.69) is 162 Å². The minimum atomic E-state index is -0.319. The Morgan fingerprint density at radius 2 is 1.27 bits per heavy atom. The van der Waals surface area contributed by atoms with Gasteiger partial charge in [-0.15, -0.1) is 11.5 Å². The number of hydrogen-bond acceptors (Lipinski definition) is 2. The van der Waals surface area contributed by atoms with Crippen molar-refractivity contribution in [1.29, 1.82) is 0 Å². The average molecular weight is 703 g/mol. The topological polar surface area (TPSA) is 35.6 Å². The molecule has 5 aromatic carbocycles. The Kier molecular flexibility index (Phi) is 6.77. The third-order valence-electron chi connectivity index (χ3n) is 11.4. The van der Waals surface area contributed by atoms with Crippen LogP contribution in [0.2, 0.25) is 0 Å². The molecule has 0 fully saturated rings. The molecule has 55 heavy (non-hydrogen) atoms.